The largest absolute Gasteiger partial charge is 0.322 e. The highest BCUT2D eigenvalue weighted by atomic mass is 32.1. The Morgan fingerprint density at radius 2 is 1.46 bits per heavy atom. The van der Waals surface area contributed by atoms with Gasteiger partial charge in [0.25, 0.3) is 23.6 Å². The molecule has 0 fully saturated rings. The third kappa shape index (κ3) is 3.40. The minimum absolute atomic E-state index is 0.210. The predicted octanol–water partition coefficient (Wildman–Crippen LogP) is 3.14. The zero-order valence-corrected chi connectivity index (χ0v) is 15.1. The summed E-state index contributed by atoms with van der Waals surface area (Å²) in [6.45, 7) is 0. The van der Waals surface area contributed by atoms with Crippen LogP contribution < -0.4 is 16.0 Å². The zero-order valence-electron chi connectivity index (χ0n) is 14.3. The number of amides is 4. The van der Waals surface area contributed by atoms with E-state index in [2.05, 4.69) is 16.0 Å². The van der Waals surface area contributed by atoms with E-state index >= 15 is 0 Å². The molecule has 1 aromatic heterocycles. The summed E-state index contributed by atoms with van der Waals surface area (Å²) in [5.74, 6) is -1.51. The van der Waals surface area contributed by atoms with Crippen LogP contribution in [0, 0.1) is 0 Å². The summed E-state index contributed by atoms with van der Waals surface area (Å²) in [7, 11) is 0. The van der Waals surface area contributed by atoms with Gasteiger partial charge in [0.05, 0.1) is 16.0 Å². The topological polar surface area (TPSA) is 104 Å². The lowest BCUT2D eigenvalue weighted by Gasteiger charge is -2.08. The fourth-order valence-corrected chi connectivity index (χ4v) is 3.37. The molecule has 0 saturated carbocycles. The number of anilines is 2. The van der Waals surface area contributed by atoms with Crippen LogP contribution >= 0.6 is 11.3 Å². The average molecular weight is 391 g/mol. The first kappa shape index (κ1) is 17.6. The predicted molar refractivity (Wildman–Crippen MR) is 105 cm³/mol. The number of rotatable bonds is 4. The fourth-order valence-electron chi connectivity index (χ4n) is 2.75. The van der Waals surface area contributed by atoms with Gasteiger partial charge >= 0.3 is 0 Å². The highest BCUT2D eigenvalue weighted by Crippen LogP contribution is 2.21. The van der Waals surface area contributed by atoms with Gasteiger partial charge in [-0.2, -0.15) is 0 Å². The zero-order chi connectivity index (χ0) is 19.7. The molecule has 8 heteroatoms. The molecule has 0 radical (unpaired) electrons. The Bertz CT molecular complexity index is 1100. The van der Waals surface area contributed by atoms with Crippen LogP contribution in [-0.2, 0) is 0 Å². The first-order valence-corrected chi connectivity index (χ1v) is 9.15. The molecule has 4 amide bonds. The second-order valence-electron chi connectivity index (χ2n) is 6.01. The molecule has 7 nitrogen and oxygen atoms in total. The summed E-state index contributed by atoms with van der Waals surface area (Å²) in [5, 5.41) is 9.47. The van der Waals surface area contributed by atoms with E-state index in [1.54, 1.807) is 42.5 Å². The lowest BCUT2D eigenvalue weighted by molar-refractivity contribution is 0.0877. The van der Waals surface area contributed by atoms with E-state index in [1.165, 1.54) is 23.5 Å². The van der Waals surface area contributed by atoms with Crippen molar-refractivity contribution in [1.29, 1.82) is 0 Å². The number of fused-ring (bicyclic) bond motifs is 1. The number of hydrogen-bond acceptors (Lipinski definition) is 5. The molecule has 0 atom stereocenters. The Balaban J connectivity index is 1.44. The van der Waals surface area contributed by atoms with E-state index < -0.39 is 11.8 Å². The standard InChI is InChI=1S/C20H13N3O4S/c24-17(22-13-7-8-14-15(10-13)19(26)23-18(14)25)11-3-5-12(6-4-11)21-20(27)16-2-1-9-28-16/h1-10H,(H,21,27)(H,22,24)(H,23,25,26). The minimum atomic E-state index is -0.484. The lowest BCUT2D eigenvalue weighted by Crippen LogP contribution is -2.19. The summed E-state index contributed by atoms with van der Waals surface area (Å²) >= 11 is 1.34. The maximum Gasteiger partial charge on any atom is 0.265 e. The number of benzene rings is 2. The van der Waals surface area contributed by atoms with Crippen LogP contribution in [0.4, 0.5) is 11.4 Å². The average Bonchev–Trinajstić information content (AvgIpc) is 3.31. The normalized spacial score (nSPS) is 12.3. The van der Waals surface area contributed by atoms with Crippen molar-refractivity contribution in [3.63, 3.8) is 0 Å². The molecule has 3 N–H and O–H groups in total. The number of carbonyl (C=O) groups is 4. The number of thiophene rings is 1. The van der Waals surface area contributed by atoms with Gasteiger partial charge in [-0.3, -0.25) is 24.5 Å². The van der Waals surface area contributed by atoms with Crippen molar-refractivity contribution in [3.8, 4) is 0 Å². The van der Waals surface area contributed by atoms with Gasteiger partial charge < -0.3 is 10.6 Å². The molecule has 1 aliphatic heterocycles. The van der Waals surface area contributed by atoms with E-state index in [-0.39, 0.29) is 22.9 Å². The Morgan fingerprint density at radius 1 is 0.786 bits per heavy atom. The quantitative estimate of drug-likeness (QED) is 0.594. The molecule has 2 aromatic carbocycles. The second-order valence-corrected chi connectivity index (χ2v) is 6.95. The maximum atomic E-state index is 12.4. The van der Waals surface area contributed by atoms with E-state index in [4.69, 9.17) is 0 Å². The van der Waals surface area contributed by atoms with Crippen molar-refractivity contribution in [1.82, 2.24) is 5.32 Å². The van der Waals surface area contributed by atoms with Gasteiger partial charge in [0.2, 0.25) is 0 Å². The Hall–Kier alpha value is -3.78. The van der Waals surface area contributed by atoms with E-state index in [0.717, 1.165) is 0 Å². The highest BCUT2D eigenvalue weighted by Gasteiger charge is 2.26. The molecular weight excluding hydrogens is 378 g/mol. The van der Waals surface area contributed by atoms with Crippen LogP contribution in [0.25, 0.3) is 0 Å². The molecule has 1 aliphatic rings. The van der Waals surface area contributed by atoms with Gasteiger partial charge in [-0.15, -0.1) is 11.3 Å². The third-order valence-electron chi connectivity index (χ3n) is 4.14. The fraction of sp³-hybridized carbons (Fsp3) is 0. The van der Waals surface area contributed by atoms with Crippen molar-refractivity contribution in [3.05, 3.63) is 81.5 Å². The van der Waals surface area contributed by atoms with Crippen molar-refractivity contribution in [2.75, 3.05) is 10.6 Å². The first-order valence-electron chi connectivity index (χ1n) is 8.27. The monoisotopic (exact) mass is 391 g/mol. The number of imide groups is 1. The smallest absolute Gasteiger partial charge is 0.265 e. The SMILES string of the molecule is O=C(Nc1ccc2c(c1)C(=O)NC2=O)c1ccc(NC(=O)c2cccs2)cc1. The Labute approximate surface area is 163 Å². The first-order chi connectivity index (χ1) is 13.5. The molecule has 3 aromatic rings. The van der Waals surface area contributed by atoms with Crippen molar-refractivity contribution in [2.45, 2.75) is 0 Å². The summed E-state index contributed by atoms with van der Waals surface area (Å²) in [6.07, 6.45) is 0. The van der Waals surface area contributed by atoms with Gasteiger partial charge in [-0.25, -0.2) is 0 Å². The molecule has 138 valence electrons. The third-order valence-corrected chi connectivity index (χ3v) is 5.01. The molecule has 0 saturated heterocycles. The van der Waals surface area contributed by atoms with Crippen LogP contribution in [0.1, 0.15) is 40.7 Å². The molecular formula is C20H13N3O4S. The van der Waals surface area contributed by atoms with Gasteiger partial charge in [0, 0.05) is 16.9 Å². The van der Waals surface area contributed by atoms with Crippen LogP contribution in [-0.4, -0.2) is 23.6 Å². The van der Waals surface area contributed by atoms with Gasteiger partial charge in [0.15, 0.2) is 0 Å². The number of carbonyl (C=O) groups excluding carboxylic acids is 4. The molecule has 0 unspecified atom stereocenters. The van der Waals surface area contributed by atoms with Crippen LogP contribution in [0.15, 0.2) is 60.0 Å². The molecule has 0 aliphatic carbocycles. The lowest BCUT2D eigenvalue weighted by atomic mass is 10.1. The second kappa shape index (κ2) is 7.09. The van der Waals surface area contributed by atoms with E-state index in [9.17, 15) is 19.2 Å². The Kier molecular flexibility index (Phi) is 4.46. The van der Waals surface area contributed by atoms with Crippen LogP contribution in [0.2, 0.25) is 0 Å². The summed E-state index contributed by atoms with van der Waals surface area (Å²) < 4.78 is 0. The van der Waals surface area contributed by atoms with Gasteiger partial charge in [-0.05, 0) is 53.9 Å². The minimum Gasteiger partial charge on any atom is -0.322 e. The summed E-state index contributed by atoms with van der Waals surface area (Å²) in [6, 6.07) is 14.5. The molecule has 0 bridgehead atoms. The van der Waals surface area contributed by atoms with Gasteiger partial charge in [0.1, 0.15) is 0 Å². The molecule has 28 heavy (non-hydrogen) atoms. The highest BCUT2D eigenvalue weighted by molar-refractivity contribution is 7.12. The Morgan fingerprint density at radius 3 is 2.18 bits per heavy atom. The molecule has 4 rings (SSSR count). The van der Waals surface area contributed by atoms with Crippen molar-refractivity contribution < 1.29 is 19.2 Å². The van der Waals surface area contributed by atoms with Crippen LogP contribution in [0.5, 0.6) is 0 Å². The maximum absolute atomic E-state index is 12.4. The van der Waals surface area contributed by atoms with Crippen molar-refractivity contribution >= 4 is 46.3 Å². The number of hydrogen-bond donors (Lipinski definition) is 3. The number of nitrogens with one attached hydrogen (secondary N) is 3. The van der Waals surface area contributed by atoms with Gasteiger partial charge in [-0.1, -0.05) is 6.07 Å². The van der Waals surface area contributed by atoms with Crippen LogP contribution in [0.3, 0.4) is 0 Å². The molecule has 2 heterocycles. The van der Waals surface area contributed by atoms with E-state index in [0.29, 0.717) is 21.8 Å². The van der Waals surface area contributed by atoms with Crippen molar-refractivity contribution in [2.24, 2.45) is 0 Å². The van der Waals surface area contributed by atoms with E-state index in [1.807, 2.05) is 5.38 Å². The summed E-state index contributed by atoms with van der Waals surface area (Å²) in [5.41, 5.74) is 1.88. The molecule has 0 spiro atoms. The summed E-state index contributed by atoms with van der Waals surface area (Å²) in [4.78, 5) is 48.3.